The van der Waals surface area contributed by atoms with E-state index in [0.717, 1.165) is 31.8 Å². The number of aromatic nitrogens is 2. The maximum atomic E-state index is 5.68. The minimum atomic E-state index is 0. The molecule has 3 N–H and O–H groups in total. The van der Waals surface area contributed by atoms with Gasteiger partial charge in [0.05, 0.1) is 6.61 Å². The molecule has 110 valence electrons. The van der Waals surface area contributed by atoms with E-state index in [4.69, 9.17) is 10.5 Å². The van der Waals surface area contributed by atoms with E-state index in [1.807, 2.05) is 19.3 Å². The predicted molar refractivity (Wildman–Crippen MR) is 88.0 cm³/mol. The predicted octanol–water partition coefficient (Wildman–Crippen LogP) is 1.14. The lowest BCUT2D eigenvalue weighted by Gasteiger charge is -2.05. The first-order chi connectivity index (χ1) is 8.74. The molecule has 0 saturated carbocycles. The van der Waals surface area contributed by atoms with Crippen molar-refractivity contribution >= 4 is 29.9 Å². The zero-order valence-electron chi connectivity index (χ0n) is 11.6. The second-order valence-corrected chi connectivity index (χ2v) is 4.06. The van der Waals surface area contributed by atoms with Crippen LogP contribution in [0.3, 0.4) is 0 Å². The Balaban J connectivity index is 0.00000324. The molecule has 1 rings (SSSR count). The van der Waals surface area contributed by atoms with Gasteiger partial charge in [-0.25, -0.2) is 4.98 Å². The van der Waals surface area contributed by atoms with Crippen molar-refractivity contribution in [2.24, 2.45) is 10.7 Å². The van der Waals surface area contributed by atoms with Crippen LogP contribution in [0.1, 0.15) is 18.7 Å². The maximum Gasteiger partial charge on any atom is 0.188 e. The fraction of sp³-hybridized carbons (Fsp3) is 0.667. The van der Waals surface area contributed by atoms with Crippen LogP contribution in [0.25, 0.3) is 0 Å². The van der Waals surface area contributed by atoms with Crippen molar-refractivity contribution in [2.45, 2.75) is 26.3 Å². The Morgan fingerprint density at radius 3 is 2.95 bits per heavy atom. The van der Waals surface area contributed by atoms with Crippen molar-refractivity contribution in [1.29, 1.82) is 0 Å². The number of nitrogens with two attached hydrogens (primary N) is 1. The number of rotatable bonds is 8. The Kier molecular flexibility index (Phi) is 10.6. The van der Waals surface area contributed by atoms with Crippen molar-refractivity contribution < 1.29 is 4.74 Å². The highest BCUT2D eigenvalue weighted by atomic mass is 127. The van der Waals surface area contributed by atoms with Crippen molar-refractivity contribution in [3.8, 4) is 0 Å². The minimum Gasteiger partial charge on any atom is -0.383 e. The molecule has 0 aliphatic heterocycles. The van der Waals surface area contributed by atoms with E-state index in [0.29, 0.717) is 19.1 Å². The van der Waals surface area contributed by atoms with Gasteiger partial charge in [-0.05, 0) is 19.8 Å². The number of aryl methyl sites for hydroxylation is 2. The monoisotopic (exact) mass is 381 g/mol. The second kappa shape index (κ2) is 11.0. The van der Waals surface area contributed by atoms with Crippen molar-refractivity contribution in [1.82, 2.24) is 14.9 Å². The first kappa shape index (κ1) is 18.2. The number of guanidine groups is 1. The van der Waals surface area contributed by atoms with E-state index in [2.05, 4.69) is 19.9 Å². The Morgan fingerprint density at radius 1 is 1.53 bits per heavy atom. The molecule has 0 aromatic carbocycles. The number of methoxy groups -OCH3 is 1. The average molecular weight is 381 g/mol. The number of ether oxygens (including phenoxy) is 1. The second-order valence-electron chi connectivity index (χ2n) is 4.06. The van der Waals surface area contributed by atoms with Gasteiger partial charge < -0.3 is 20.4 Å². The van der Waals surface area contributed by atoms with Crippen LogP contribution in [0.5, 0.6) is 0 Å². The van der Waals surface area contributed by atoms with E-state index < -0.39 is 0 Å². The number of nitrogens with one attached hydrogen (secondary N) is 1. The van der Waals surface area contributed by atoms with Gasteiger partial charge in [-0.2, -0.15) is 0 Å². The number of hydrogen-bond acceptors (Lipinski definition) is 3. The summed E-state index contributed by atoms with van der Waals surface area (Å²) >= 11 is 0. The molecule has 0 spiro atoms. The van der Waals surface area contributed by atoms with E-state index >= 15 is 0 Å². The largest absolute Gasteiger partial charge is 0.383 e. The average Bonchev–Trinajstić information content (AvgIpc) is 2.75. The summed E-state index contributed by atoms with van der Waals surface area (Å²) in [5.74, 6) is 1.55. The normalized spacial score (nSPS) is 11.2. The van der Waals surface area contributed by atoms with Gasteiger partial charge in [-0.15, -0.1) is 24.0 Å². The molecule has 6 nitrogen and oxygen atoms in total. The molecule has 0 radical (unpaired) electrons. The van der Waals surface area contributed by atoms with Gasteiger partial charge in [-0.1, -0.05) is 0 Å². The number of aliphatic imine (C=N–C) groups is 1. The van der Waals surface area contributed by atoms with E-state index in [9.17, 15) is 0 Å². The number of imidazole rings is 1. The molecular weight excluding hydrogens is 357 g/mol. The molecule has 19 heavy (non-hydrogen) atoms. The number of unbranched alkanes of at least 4 members (excludes halogenated alkanes) is 1. The van der Waals surface area contributed by atoms with Gasteiger partial charge >= 0.3 is 0 Å². The van der Waals surface area contributed by atoms with Crippen LogP contribution in [0, 0.1) is 6.92 Å². The molecule has 0 saturated heterocycles. The van der Waals surface area contributed by atoms with Gasteiger partial charge in [0.2, 0.25) is 0 Å². The Bertz CT molecular complexity index is 367. The van der Waals surface area contributed by atoms with E-state index in [1.165, 1.54) is 0 Å². The van der Waals surface area contributed by atoms with Gasteiger partial charge in [0.25, 0.3) is 0 Å². The fourth-order valence-electron chi connectivity index (χ4n) is 1.57. The third-order valence-corrected chi connectivity index (χ3v) is 2.63. The highest BCUT2D eigenvalue weighted by Crippen LogP contribution is 1.99. The van der Waals surface area contributed by atoms with Crippen LogP contribution in [-0.4, -0.2) is 42.3 Å². The minimum absolute atomic E-state index is 0. The molecular formula is C12H24IN5O. The molecule has 0 aliphatic carbocycles. The van der Waals surface area contributed by atoms with E-state index in [-0.39, 0.29) is 24.0 Å². The smallest absolute Gasteiger partial charge is 0.188 e. The highest BCUT2D eigenvalue weighted by Gasteiger charge is 1.96. The zero-order valence-corrected chi connectivity index (χ0v) is 14.0. The molecule has 0 bridgehead atoms. The van der Waals surface area contributed by atoms with Crippen LogP contribution in [0.15, 0.2) is 17.4 Å². The van der Waals surface area contributed by atoms with E-state index in [1.54, 1.807) is 7.11 Å². The zero-order chi connectivity index (χ0) is 13.2. The lowest BCUT2D eigenvalue weighted by Crippen LogP contribution is -2.34. The third-order valence-electron chi connectivity index (χ3n) is 2.63. The van der Waals surface area contributed by atoms with Crippen LogP contribution < -0.4 is 11.1 Å². The Morgan fingerprint density at radius 2 is 2.32 bits per heavy atom. The van der Waals surface area contributed by atoms with Crippen LogP contribution in [0.2, 0.25) is 0 Å². The quantitative estimate of drug-likeness (QED) is 0.307. The maximum absolute atomic E-state index is 5.68. The van der Waals surface area contributed by atoms with Crippen LogP contribution in [-0.2, 0) is 11.3 Å². The molecule has 0 unspecified atom stereocenters. The summed E-state index contributed by atoms with van der Waals surface area (Å²) in [4.78, 5) is 8.42. The Hall–Kier alpha value is -0.830. The van der Waals surface area contributed by atoms with Gasteiger partial charge in [0, 0.05) is 39.1 Å². The lowest BCUT2D eigenvalue weighted by molar-refractivity contribution is 0.204. The van der Waals surface area contributed by atoms with Crippen molar-refractivity contribution in [3.63, 3.8) is 0 Å². The molecule has 1 aromatic rings. The summed E-state index contributed by atoms with van der Waals surface area (Å²) in [6, 6.07) is 0. The number of nitrogens with zero attached hydrogens (tertiary/aromatic N) is 3. The lowest BCUT2D eigenvalue weighted by atomic mass is 10.3. The molecule has 1 heterocycles. The van der Waals surface area contributed by atoms with Gasteiger partial charge in [0.1, 0.15) is 5.82 Å². The molecule has 0 aliphatic rings. The van der Waals surface area contributed by atoms with Crippen LogP contribution in [0.4, 0.5) is 0 Å². The van der Waals surface area contributed by atoms with Crippen molar-refractivity contribution in [3.05, 3.63) is 18.2 Å². The summed E-state index contributed by atoms with van der Waals surface area (Å²) in [5, 5.41) is 2.98. The number of halogens is 1. The highest BCUT2D eigenvalue weighted by molar-refractivity contribution is 14.0. The molecule has 0 atom stereocenters. The van der Waals surface area contributed by atoms with Gasteiger partial charge in [-0.3, -0.25) is 4.99 Å². The Labute approximate surface area is 131 Å². The summed E-state index contributed by atoms with van der Waals surface area (Å²) in [6.07, 6.45) is 5.92. The first-order valence-electron chi connectivity index (χ1n) is 6.24. The fourth-order valence-corrected chi connectivity index (χ4v) is 1.57. The standard InChI is InChI=1S/C12H23N5O.HI/c1-11-14-6-9-17(11)8-4-3-5-15-12(13)16-7-10-18-2;/h6,9H,3-5,7-8,10H2,1-2H3,(H3,13,15,16);1H. The molecule has 0 amide bonds. The summed E-state index contributed by atoms with van der Waals surface area (Å²) in [7, 11) is 1.66. The van der Waals surface area contributed by atoms with Crippen LogP contribution >= 0.6 is 24.0 Å². The third kappa shape index (κ3) is 8.04. The molecule has 0 fully saturated rings. The summed E-state index contributed by atoms with van der Waals surface area (Å²) in [6.45, 7) is 5.07. The molecule has 7 heteroatoms. The topological polar surface area (TPSA) is 77.5 Å². The molecule has 1 aromatic heterocycles. The number of hydrogen-bond donors (Lipinski definition) is 2. The van der Waals surface area contributed by atoms with Gasteiger partial charge in [0.15, 0.2) is 5.96 Å². The van der Waals surface area contributed by atoms with Crippen molar-refractivity contribution in [2.75, 3.05) is 26.8 Å². The SMILES string of the molecule is COCCNC(N)=NCCCCn1ccnc1C.I. The summed E-state index contributed by atoms with van der Waals surface area (Å²) < 4.78 is 7.05. The first-order valence-corrected chi connectivity index (χ1v) is 6.24. The summed E-state index contributed by atoms with van der Waals surface area (Å²) in [5.41, 5.74) is 5.68.